The van der Waals surface area contributed by atoms with Gasteiger partial charge in [-0.2, -0.15) is 0 Å². The SMILES string of the molecule is CCCNC(=O)N1CCC(C(=O)OC)C1. The van der Waals surface area contributed by atoms with Crippen LogP contribution in [0.25, 0.3) is 0 Å². The van der Waals surface area contributed by atoms with Crippen LogP contribution < -0.4 is 5.32 Å². The number of hydrogen-bond donors (Lipinski definition) is 1. The van der Waals surface area contributed by atoms with Gasteiger partial charge in [0.1, 0.15) is 0 Å². The van der Waals surface area contributed by atoms with Gasteiger partial charge in [0.15, 0.2) is 0 Å². The van der Waals surface area contributed by atoms with Crippen molar-refractivity contribution in [2.75, 3.05) is 26.7 Å². The number of esters is 1. The molecule has 1 fully saturated rings. The molecule has 1 saturated heterocycles. The normalized spacial score (nSPS) is 20.1. The van der Waals surface area contributed by atoms with E-state index in [0.29, 0.717) is 26.1 Å². The summed E-state index contributed by atoms with van der Waals surface area (Å²) in [7, 11) is 1.38. The summed E-state index contributed by atoms with van der Waals surface area (Å²) in [5, 5.41) is 2.79. The number of urea groups is 1. The number of carbonyl (C=O) groups is 2. The van der Waals surface area contributed by atoms with Gasteiger partial charge < -0.3 is 15.0 Å². The molecule has 0 aliphatic carbocycles. The third-order valence-corrected chi connectivity index (χ3v) is 2.54. The van der Waals surface area contributed by atoms with Crippen LogP contribution >= 0.6 is 0 Å². The van der Waals surface area contributed by atoms with Gasteiger partial charge in [-0.15, -0.1) is 0 Å². The Morgan fingerprint density at radius 1 is 1.53 bits per heavy atom. The largest absolute Gasteiger partial charge is 0.469 e. The van der Waals surface area contributed by atoms with Crippen LogP contribution in [-0.4, -0.2) is 43.6 Å². The maximum atomic E-state index is 11.5. The number of rotatable bonds is 3. The lowest BCUT2D eigenvalue weighted by Gasteiger charge is -2.16. The molecule has 5 heteroatoms. The van der Waals surface area contributed by atoms with Crippen molar-refractivity contribution < 1.29 is 14.3 Å². The van der Waals surface area contributed by atoms with Crippen LogP contribution in [0, 0.1) is 5.92 Å². The lowest BCUT2D eigenvalue weighted by molar-refractivity contribution is -0.144. The second-order valence-electron chi connectivity index (χ2n) is 3.69. The first-order valence-electron chi connectivity index (χ1n) is 5.29. The molecule has 1 heterocycles. The van der Waals surface area contributed by atoms with E-state index in [9.17, 15) is 9.59 Å². The molecule has 1 rings (SSSR count). The molecule has 0 radical (unpaired) electrons. The predicted octanol–water partition coefficient (Wildman–Crippen LogP) is 0.601. The summed E-state index contributed by atoms with van der Waals surface area (Å²) < 4.78 is 4.65. The smallest absolute Gasteiger partial charge is 0.317 e. The van der Waals surface area contributed by atoms with E-state index < -0.39 is 0 Å². The molecule has 1 unspecified atom stereocenters. The fraction of sp³-hybridized carbons (Fsp3) is 0.800. The number of methoxy groups -OCH3 is 1. The average Bonchev–Trinajstić information content (AvgIpc) is 2.74. The van der Waals surface area contributed by atoms with Gasteiger partial charge in [0.05, 0.1) is 13.0 Å². The molecule has 1 aliphatic rings. The molecule has 86 valence electrons. The van der Waals surface area contributed by atoms with Gasteiger partial charge in [-0.1, -0.05) is 6.92 Å². The summed E-state index contributed by atoms with van der Waals surface area (Å²) in [6.07, 6.45) is 1.62. The monoisotopic (exact) mass is 214 g/mol. The molecule has 1 aliphatic heterocycles. The fourth-order valence-corrected chi connectivity index (χ4v) is 1.65. The first-order valence-corrected chi connectivity index (χ1v) is 5.29. The van der Waals surface area contributed by atoms with E-state index in [4.69, 9.17) is 0 Å². The summed E-state index contributed by atoms with van der Waals surface area (Å²) in [4.78, 5) is 24.4. The van der Waals surface area contributed by atoms with Crippen molar-refractivity contribution in [3.8, 4) is 0 Å². The Kier molecular flexibility index (Phi) is 4.39. The Bertz CT molecular complexity index is 243. The number of carbonyl (C=O) groups excluding carboxylic acids is 2. The summed E-state index contributed by atoms with van der Waals surface area (Å²) in [5.41, 5.74) is 0. The minimum Gasteiger partial charge on any atom is -0.469 e. The molecule has 0 aromatic rings. The lowest BCUT2D eigenvalue weighted by atomic mass is 10.1. The van der Waals surface area contributed by atoms with E-state index in [1.54, 1.807) is 4.90 Å². The standard InChI is InChI=1S/C10H18N2O3/c1-3-5-11-10(14)12-6-4-8(7-12)9(13)15-2/h8H,3-7H2,1-2H3,(H,11,14). The Labute approximate surface area is 89.8 Å². The van der Waals surface area contributed by atoms with Gasteiger partial charge >= 0.3 is 12.0 Å². The summed E-state index contributed by atoms with van der Waals surface area (Å²) >= 11 is 0. The number of nitrogens with zero attached hydrogens (tertiary/aromatic N) is 1. The molecular weight excluding hydrogens is 196 g/mol. The molecule has 0 aromatic heterocycles. The molecule has 1 atom stereocenters. The predicted molar refractivity (Wildman–Crippen MR) is 55.4 cm³/mol. The maximum absolute atomic E-state index is 11.5. The van der Waals surface area contributed by atoms with Gasteiger partial charge in [-0.25, -0.2) is 4.79 Å². The lowest BCUT2D eigenvalue weighted by Crippen LogP contribution is -2.39. The van der Waals surface area contributed by atoms with Crippen LogP contribution in [0.1, 0.15) is 19.8 Å². The highest BCUT2D eigenvalue weighted by Gasteiger charge is 2.31. The van der Waals surface area contributed by atoms with Crippen molar-refractivity contribution in [2.24, 2.45) is 5.92 Å². The van der Waals surface area contributed by atoms with Gasteiger partial charge in [-0.05, 0) is 12.8 Å². The van der Waals surface area contributed by atoms with E-state index in [0.717, 1.165) is 6.42 Å². The zero-order valence-corrected chi connectivity index (χ0v) is 9.28. The second-order valence-corrected chi connectivity index (χ2v) is 3.69. The molecule has 0 saturated carbocycles. The van der Waals surface area contributed by atoms with E-state index in [1.165, 1.54) is 7.11 Å². The third-order valence-electron chi connectivity index (χ3n) is 2.54. The molecule has 1 N–H and O–H groups in total. The van der Waals surface area contributed by atoms with Crippen molar-refractivity contribution in [2.45, 2.75) is 19.8 Å². The van der Waals surface area contributed by atoms with E-state index in [1.807, 2.05) is 6.92 Å². The minimum atomic E-state index is -0.221. The minimum absolute atomic E-state index is 0.0803. The van der Waals surface area contributed by atoms with Crippen LogP contribution in [0.4, 0.5) is 4.79 Å². The zero-order chi connectivity index (χ0) is 11.3. The van der Waals surface area contributed by atoms with Crippen LogP contribution in [0.15, 0.2) is 0 Å². The summed E-state index contributed by atoms with van der Waals surface area (Å²) in [6, 6.07) is -0.0803. The third kappa shape index (κ3) is 3.11. The highest BCUT2D eigenvalue weighted by Crippen LogP contribution is 2.17. The van der Waals surface area contributed by atoms with Crippen molar-refractivity contribution in [3.05, 3.63) is 0 Å². The molecule has 0 spiro atoms. The molecule has 15 heavy (non-hydrogen) atoms. The Hall–Kier alpha value is -1.26. The number of ether oxygens (including phenoxy) is 1. The molecule has 0 aromatic carbocycles. The van der Waals surface area contributed by atoms with Crippen molar-refractivity contribution >= 4 is 12.0 Å². The molecule has 0 bridgehead atoms. The second kappa shape index (κ2) is 5.58. The highest BCUT2D eigenvalue weighted by molar-refractivity contribution is 5.78. The average molecular weight is 214 g/mol. The Balaban J connectivity index is 2.35. The van der Waals surface area contributed by atoms with E-state index >= 15 is 0 Å². The first-order chi connectivity index (χ1) is 7.19. The number of likely N-dealkylation sites (tertiary alicyclic amines) is 1. The topological polar surface area (TPSA) is 58.6 Å². The van der Waals surface area contributed by atoms with Gasteiger partial charge in [-0.3, -0.25) is 4.79 Å². The van der Waals surface area contributed by atoms with Gasteiger partial charge in [0.25, 0.3) is 0 Å². The van der Waals surface area contributed by atoms with Crippen LogP contribution in [0.5, 0.6) is 0 Å². The van der Waals surface area contributed by atoms with Crippen LogP contribution in [-0.2, 0) is 9.53 Å². The number of nitrogens with one attached hydrogen (secondary N) is 1. The van der Waals surface area contributed by atoms with Crippen molar-refractivity contribution in [3.63, 3.8) is 0 Å². The van der Waals surface area contributed by atoms with E-state index in [-0.39, 0.29) is 17.9 Å². The fourth-order valence-electron chi connectivity index (χ4n) is 1.65. The summed E-state index contributed by atoms with van der Waals surface area (Å²) in [6.45, 7) is 3.79. The quantitative estimate of drug-likeness (QED) is 0.700. The van der Waals surface area contributed by atoms with E-state index in [2.05, 4.69) is 10.1 Å². The molecular formula is C10H18N2O3. The molecule has 5 nitrogen and oxygen atoms in total. The first kappa shape index (κ1) is 11.8. The van der Waals surface area contributed by atoms with Gasteiger partial charge in [0.2, 0.25) is 0 Å². The number of hydrogen-bond acceptors (Lipinski definition) is 3. The molecule has 2 amide bonds. The summed E-state index contributed by atoms with van der Waals surface area (Å²) in [5.74, 6) is -0.372. The zero-order valence-electron chi connectivity index (χ0n) is 9.28. The van der Waals surface area contributed by atoms with Gasteiger partial charge in [0, 0.05) is 19.6 Å². The highest BCUT2D eigenvalue weighted by atomic mass is 16.5. The van der Waals surface area contributed by atoms with Crippen LogP contribution in [0.2, 0.25) is 0 Å². The van der Waals surface area contributed by atoms with Crippen LogP contribution in [0.3, 0.4) is 0 Å². The Morgan fingerprint density at radius 2 is 2.27 bits per heavy atom. The maximum Gasteiger partial charge on any atom is 0.317 e. The Morgan fingerprint density at radius 3 is 2.87 bits per heavy atom. The number of amides is 2. The van der Waals surface area contributed by atoms with Crippen molar-refractivity contribution in [1.29, 1.82) is 0 Å². The van der Waals surface area contributed by atoms with Crippen molar-refractivity contribution in [1.82, 2.24) is 10.2 Å².